The molecule has 0 bridgehead atoms. The molecule has 0 amide bonds. The molecule has 0 fully saturated rings. The third kappa shape index (κ3) is 3.08. The van der Waals surface area contributed by atoms with Crippen molar-refractivity contribution in [2.24, 2.45) is 0 Å². The highest BCUT2D eigenvalue weighted by molar-refractivity contribution is 5.48. The maximum absolute atomic E-state index is 4.29. The standard InChI is InChI=1S/C11H20N4/c1-5-12-10-7-11(14-8-13-10)15(6-2)9(3)4/h7-9H,5-6H2,1-4H3,(H,12,13,14). The lowest BCUT2D eigenvalue weighted by Gasteiger charge is -2.26. The van der Waals surface area contributed by atoms with Crippen LogP contribution in [0.2, 0.25) is 0 Å². The Hall–Kier alpha value is -1.32. The molecule has 0 radical (unpaired) electrons. The number of anilines is 2. The van der Waals surface area contributed by atoms with E-state index in [-0.39, 0.29) is 0 Å². The predicted octanol–water partition coefficient (Wildman–Crippen LogP) is 2.14. The summed E-state index contributed by atoms with van der Waals surface area (Å²) in [6, 6.07) is 2.45. The van der Waals surface area contributed by atoms with Gasteiger partial charge in [-0.05, 0) is 27.7 Å². The summed E-state index contributed by atoms with van der Waals surface area (Å²) < 4.78 is 0. The van der Waals surface area contributed by atoms with Crippen molar-refractivity contribution in [1.82, 2.24) is 9.97 Å². The normalized spacial score (nSPS) is 10.5. The minimum absolute atomic E-state index is 0.458. The minimum atomic E-state index is 0.458. The van der Waals surface area contributed by atoms with Gasteiger partial charge in [0, 0.05) is 25.2 Å². The first-order chi connectivity index (χ1) is 7.19. The molecule has 0 saturated carbocycles. The van der Waals surface area contributed by atoms with Gasteiger partial charge in [-0.1, -0.05) is 0 Å². The smallest absolute Gasteiger partial charge is 0.134 e. The summed E-state index contributed by atoms with van der Waals surface area (Å²) in [7, 11) is 0. The first kappa shape index (κ1) is 11.8. The van der Waals surface area contributed by atoms with Gasteiger partial charge in [0.15, 0.2) is 0 Å². The van der Waals surface area contributed by atoms with Crippen molar-refractivity contribution in [1.29, 1.82) is 0 Å². The van der Waals surface area contributed by atoms with Crippen LogP contribution in [0.5, 0.6) is 0 Å². The maximum atomic E-state index is 4.29. The van der Waals surface area contributed by atoms with E-state index in [0.717, 1.165) is 24.7 Å². The van der Waals surface area contributed by atoms with Crippen LogP contribution in [0.15, 0.2) is 12.4 Å². The van der Waals surface area contributed by atoms with Crippen LogP contribution in [-0.2, 0) is 0 Å². The monoisotopic (exact) mass is 208 g/mol. The zero-order chi connectivity index (χ0) is 11.3. The van der Waals surface area contributed by atoms with Crippen LogP contribution < -0.4 is 10.2 Å². The van der Waals surface area contributed by atoms with Crippen LogP contribution in [0.25, 0.3) is 0 Å². The van der Waals surface area contributed by atoms with Crippen molar-refractivity contribution >= 4 is 11.6 Å². The molecule has 4 nitrogen and oxygen atoms in total. The van der Waals surface area contributed by atoms with E-state index < -0.39 is 0 Å². The van der Waals surface area contributed by atoms with E-state index in [0.29, 0.717) is 6.04 Å². The van der Waals surface area contributed by atoms with Crippen molar-refractivity contribution in [3.05, 3.63) is 12.4 Å². The number of nitrogens with zero attached hydrogens (tertiary/aromatic N) is 3. The van der Waals surface area contributed by atoms with Crippen molar-refractivity contribution < 1.29 is 0 Å². The third-order valence-corrected chi connectivity index (χ3v) is 2.27. The van der Waals surface area contributed by atoms with E-state index in [4.69, 9.17) is 0 Å². The molecular formula is C11H20N4. The Bertz CT molecular complexity index is 298. The minimum Gasteiger partial charge on any atom is -0.370 e. The molecule has 1 aromatic rings. The van der Waals surface area contributed by atoms with E-state index in [1.54, 1.807) is 6.33 Å². The molecule has 0 aliphatic carbocycles. The quantitative estimate of drug-likeness (QED) is 0.805. The zero-order valence-electron chi connectivity index (χ0n) is 9.99. The van der Waals surface area contributed by atoms with E-state index in [9.17, 15) is 0 Å². The van der Waals surface area contributed by atoms with Crippen LogP contribution in [0.4, 0.5) is 11.6 Å². The van der Waals surface area contributed by atoms with Gasteiger partial charge in [-0.2, -0.15) is 0 Å². The number of hydrogen-bond acceptors (Lipinski definition) is 4. The summed E-state index contributed by atoms with van der Waals surface area (Å²) in [6.07, 6.45) is 1.61. The van der Waals surface area contributed by atoms with Crippen LogP contribution in [0.3, 0.4) is 0 Å². The summed E-state index contributed by atoms with van der Waals surface area (Å²) in [5.74, 6) is 1.88. The van der Waals surface area contributed by atoms with Gasteiger partial charge in [0.1, 0.15) is 18.0 Å². The van der Waals surface area contributed by atoms with E-state index >= 15 is 0 Å². The van der Waals surface area contributed by atoms with Crippen molar-refractivity contribution in [3.63, 3.8) is 0 Å². The third-order valence-electron chi connectivity index (χ3n) is 2.27. The lowest BCUT2D eigenvalue weighted by atomic mass is 10.3. The SMILES string of the molecule is CCNc1cc(N(CC)C(C)C)ncn1. The summed E-state index contributed by atoms with van der Waals surface area (Å²) in [6.45, 7) is 10.4. The second-order valence-corrected chi connectivity index (χ2v) is 3.67. The van der Waals surface area contributed by atoms with Gasteiger partial charge in [0.2, 0.25) is 0 Å². The van der Waals surface area contributed by atoms with Gasteiger partial charge in [-0.3, -0.25) is 0 Å². The molecule has 0 saturated heterocycles. The van der Waals surface area contributed by atoms with Gasteiger partial charge in [-0.15, -0.1) is 0 Å². The molecule has 1 aromatic heterocycles. The van der Waals surface area contributed by atoms with Crippen molar-refractivity contribution in [2.75, 3.05) is 23.3 Å². The molecule has 0 unspecified atom stereocenters. The van der Waals surface area contributed by atoms with E-state index in [2.05, 4.69) is 47.9 Å². The highest BCUT2D eigenvalue weighted by Crippen LogP contribution is 2.15. The number of rotatable bonds is 5. The maximum Gasteiger partial charge on any atom is 0.134 e. The Morgan fingerprint density at radius 3 is 2.60 bits per heavy atom. The van der Waals surface area contributed by atoms with Crippen molar-refractivity contribution in [2.45, 2.75) is 33.7 Å². The summed E-state index contributed by atoms with van der Waals surface area (Å²) in [4.78, 5) is 10.7. The topological polar surface area (TPSA) is 41.0 Å². The van der Waals surface area contributed by atoms with Crippen LogP contribution >= 0.6 is 0 Å². The average molecular weight is 208 g/mol. The van der Waals surface area contributed by atoms with Crippen LogP contribution in [0, 0.1) is 0 Å². The summed E-state index contributed by atoms with van der Waals surface area (Å²) >= 11 is 0. The largest absolute Gasteiger partial charge is 0.370 e. The van der Waals surface area contributed by atoms with Crippen molar-refractivity contribution in [3.8, 4) is 0 Å². The van der Waals surface area contributed by atoms with Gasteiger partial charge in [0.05, 0.1) is 0 Å². The molecular weight excluding hydrogens is 188 g/mol. The molecule has 0 aromatic carbocycles. The van der Waals surface area contributed by atoms with Gasteiger partial charge in [-0.25, -0.2) is 9.97 Å². The molecule has 1 rings (SSSR count). The fraction of sp³-hybridized carbons (Fsp3) is 0.636. The summed E-state index contributed by atoms with van der Waals surface area (Å²) in [5, 5.41) is 3.19. The average Bonchev–Trinajstić information content (AvgIpc) is 2.19. The lowest BCUT2D eigenvalue weighted by Crippen LogP contribution is -2.31. The first-order valence-corrected chi connectivity index (χ1v) is 5.51. The fourth-order valence-electron chi connectivity index (χ4n) is 1.57. The Kier molecular flexibility index (Phi) is 4.34. The molecule has 0 aliphatic heterocycles. The fourth-order valence-corrected chi connectivity index (χ4v) is 1.57. The van der Waals surface area contributed by atoms with Gasteiger partial charge in [0.25, 0.3) is 0 Å². The van der Waals surface area contributed by atoms with E-state index in [1.807, 2.05) is 6.07 Å². The van der Waals surface area contributed by atoms with Crippen LogP contribution in [0.1, 0.15) is 27.7 Å². The Morgan fingerprint density at radius 2 is 2.07 bits per heavy atom. The van der Waals surface area contributed by atoms with Gasteiger partial charge < -0.3 is 10.2 Å². The molecule has 1 N–H and O–H groups in total. The molecule has 0 atom stereocenters. The molecule has 1 heterocycles. The highest BCUT2D eigenvalue weighted by atomic mass is 15.2. The molecule has 84 valence electrons. The zero-order valence-corrected chi connectivity index (χ0v) is 9.99. The Labute approximate surface area is 91.7 Å². The molecule has 15 heavy (non-hydrogen) atoms. The Balaban J connectivity index is 2.87. The number of hydrogen-bond donors (Lipinski definition) is 1. The molecule has 0 aliphatic rings. The Morgan fingerprint density at radius 1 is 1.33 bits per heavy atom. The highest BCUT2D eigenvalue weighted by Gasteiger charge is 2.09. The predicted molar refractivity (Wildman–Crippen MR) is 64.4 cm³/mol. The molecule has 4 heteroatoms. The number of aromatic nitrogens is 2. The molecule has 0 spiro atoms. The van der Waals surface area contributed by atoms with Crippen LogP contribution in [-0.4, -0.2) is 29.1 Å². The van der Waals surface area contributed by atoms with Gasteiger partial charge >= 0.3 is 0 Å². The summed E-state index contributed by atoms with van der Waals surface area (Å²) in [5.41, 5.74) is 0. The first-order valence-electron chi connectivity index (χ1n) is 5.51. The number of nitrogens with one attached hydrogen (secondary N) is 1. The second-order valence-electron chi connectivity index (χ2n) is 3.67. The lowest BCUT2D eigenvalue weighted by molar-refractivity contribution is 0.692. The van der Waals surface area contributed by atoms with E-state index in [1.165, 1.54) is 0 Å². The second kappa shape index (κ2) is 5.53.